The lowest BCUT2D eigenvalue weighted by atomic mass is 10.2. The Balaban J connectivity index is 2.58. The Morgan fingerprint density at radius 3 is 3.15 bits per heavy atom. The number of benzene rings is 1. The molecule has 68 valence electrons. The van der Waals surface area contributed by atoms with Crippen molar-refractivity contribution in [2.24, 2.45) is 0 Å². The molecule has 3 N–H and O–H groups in total. The smallest absolute Gasteiger partial charge is 0.0958 e. The van der Waals surface area contributed by atoms with Crippen LogP contribution >= 0.6 is 0 Å². The summed E-state index contributed by atoms with van der Waals surface area (Å²) < 4.78 is 5.01. The number of anilines is 1. The summed E-state index contributed by atoms with van der Waals surface area (Å²) in [6, 6.07) is 5.65. The molecule has 0 saturated heterocycles. The largest absolute Gasteiger partial charge is 0.399 e. The first-order valence-corrected chi connectivity index (χ1v) is 4.02. The van der Waals surface area contributed by atoms with Gasteiger partial charge in [-0.1, -0.05) is 0 Å². The van der Waals surface area contributed by atoms with Gasteiger partial charge in [-0.3, -0.25) is 5.10 Å². The van der Waals surface area contributed by atoms with Crippen molar-refractivity contribution in [2.45, 2.75) is 6.61 Å². The van der Waals surface area contributed by atoms with E-state index < -0.39 is 0 Å². The molecule has 0 aliphatic carbocycles. The minimum atomic E-state index is 0.503. The highest BCUT2D eigenvalue weighted by Gasteiger charge is 2.04. The Hall–Kier alpha value is -1.55. The Labute approximate surface area is 75.7 Å². The maximum absolute atomic E-state index is 5.67. The van der Waals surface area contributed by atoms with Crippen LogP contribution in [0.5, 0.6) is 0 Å². The first-order chi connectivity index (χ1) is 6.31. The first-order valence-electron chi connectivity index (χ1n) is 4.02. The van der Waals surface area contributed by atoms with Crippen LogP contribution in [0.3, 0.4) is 0 Å². The first kappa shape index (κ1) is 8.07. The number of nitrogens with two attached hydrogens (primary N) is 1. The van der Waals surface area contributed by atoms with Crippen LogP contribution in [0, 0.1) is 0 Å². The van der Waals surface area contributed by atoms with Crippen LogP contribution in [0.25, 0.3) is 10.9 Å². The van der Waals surface area contributed by atoms with Crippen molar-refractivity contribution in [3.8, 4) is 0 Å². The number of nitrogen functional groups attached to an aromatic ring is 1. The van der Waals surface area contributed by atoms with Gasteiger partial charge in [-0.15, -0.1) is 0 Å². The molecule has 0 saturated carbocycles. The fourth-order valence-corrected chi connectivity index (χ4v) is 1.33. The van der Waals surface area contributed by atoms with E-state index in [9.17, 15) is 0 Å². The molecule has 0 amide bonds. The SMILES string of the molecule is COCc1n[nH]c2ccc(N)cc12. The summed E-state index contributed by atoms with van der Waals surface area (Å²) in [7, 11) is 1.65. The van der Waals surface area contributed by atoms with Crippen LogP contribution in [0.4, 0.5) is 5.69 Å². The monoisotopic (exact) mass is 177 g/mol. The average molecular weight is 177 g/mol. The summed E-state index contributed by atoms with van der Waals surface area (Å²) in [6.45, 7) is 0.503. The standard InChI is InChI=1S/C9H11N3O/c1-13-5-9-7-4-6(10)2-3-8(7)11-12-9/h2-4H,5,10H2,1H3,(H,11,12). The van der Waals surface area contributed by atoms with Crippen LogP contribution in [0.2, 0.25) is 0 Å². The Kier molecular flexibility index (Phi) is 1.90. The van der Waals surface area contributed by atoms with E-state index in [0.29, 0.717) is 6.61 Å². The quantitative estimate of drug-likeness (QED) is 0.679. The Morgan fingerprint density at radius 1 is 1.54 bits per heavy atom. The molecule has 0 spiro atoms. The van der Waals surface area contributed by atoms with E-state index in [4.69, 9.17) is 10.5 Å². The second kappa shape index (κ2) is 3.06. The minimum absolute atomic E-state index is 0.503. The molecule has 2 rings (SSSR count). The van der Waals surface area contributed by atoms with Gasteiger partial charge in [0, 0.05) is 18.2 Å². The fourth-order valence-electron chi connectivity index (χ4n) is 1.33. The van der Waals surface area contributed by atoms with Crippen LogP contribution < -0.4 is 5.73 Å². The number of nitrogens with one attached hydrogen (secondary N) is 1. The molecular formula is C9H11N3O. The molecule has 13 heavy (non-hydrogen) atoms. The Morgan fingerprint density at radius 2 is 2.38 bits per heavy atom. The van der Waals surface area contributed by atoms with Gasteiger partial charge < -0.3 is 10.5 Å². The van der Waals surface area contributed by atoms with Crippen molar-refractivity contribution in [3.63, 3.8) is 0 Å². The number of nitrogens with zero attached hydrogens (tertiary/aromatic N) is 1. The molecule has 0 unspecified atom stereocenters. The summed E-state index contributed by atoms with van der Waals surface area (Å²) in [4.78, 5) is 0. The van der Waals surface area contributed by atoms with Crippen molar-refractivity contribution >= 4 is 16.6 Å². The molecule has 0 aliphatic heterocycles. The number of rotatable bonds is 2. The zero-order valence-electron chi connectivity index (χ0n) is 7.37. The van der Waals surface area contributed by atoms with Crippen LogP contribution in [0.1, 0.15) is 5.69 Å². The van der Waals surface area contributed by atoms with Gasteiger partial charge in [-0.2, -0.15) is 5.10 Å². The zero-order valence-corrected chi connectivity index (χ0v) is 7.37. The number of hydrogen-bond donors (Lipinski definition) is 2. The Bertz CT molecular complexity index is 422. The summed E-state index contributed by atoms with van der Waals surface area (Å²) in [5.74, 6) is 0. The van der Waals surface area contributed by atoms with Crippen molar-refractivity contribution in [2.75, 3.05) is 12.8 Å². The molecule has 0 bridgehead atoms. The molecule has 2 aromatic rings. The van der Waals surface area contributed by atoms with Gasteiger partial charge in [-0.25, -0.2) is 0 Å². The molecule has 0 radical (unpaired) electrons. The maximum Gasteiger partial charge on any atom is 0.0958 e. The second-order valence-electron chi connectivity index (χ2n) is 2.91. The van der Waals surface area contributed by atoms with E-state index >= 15 is 0 Å². The topological polar surface area (TPSA) is 63.9 Å². The number of ether oxygens (including phenoxy) is 1. The van der Waals surface area contributed by atoms with E-state index in [-0.39, 0.29) is 0 Å². The summed E-state index contributed by atoms with van der Waals surface area (Å²) in [5.41, 5.74) is 8.29. The van der Waals surface area contributed by atoms with Gasteiger partial charge in [0.1, 0.15) is 0 Å². The molecule has 4 nitrogen and oxygen atoms in total. The van der Waals surface area contributed by atoms with Gasteiger partial charge in [0.2, 0.25) is 0 Å². The highest BCUT2D eigenvalue weighted by atomic mass is 16.5. The molecule has 4 heteroatoms. The van der Waals surface area contributed by atoms with E-state index in [2.05, 4.69) is 10.2 Å². The van der Waals surface area contributed by atoms with Crippen LogP contribution in [-0.2, 0) is 11.3 Å². The fraction of sp³-hybridized carbons (Fsp3) is 0.222. The predicted octanol–water partition coefficient (Wildman–Crippen LogP) is 1.29. The van der Waals surface area contributed by atoms with Gasteiger partial charge in [0.05, 0.1) is 17.8 Å². The number of aromatic nitrogens is 2. The van der Waals surface area contributed by atoms with Gasteiger partial charge in [0.25, 0.3) is 0 Å². The number of hydrogen-bond acceptors (Lipinski definition) is 3. The number of aromatic amines is 1. The highest BCUT2D eigenvalue weighted by molar-refractivity contribution is 5.84. The van der Waals surface area contributed by atoms with Crippen LogP contribution in [0.15, 0.2) is 18.2 Å². The lowest BCUT2D eigenvalue weighted by Crippen LogP contribution is -1.88. The van der Waals surface area contributed by atoms with E-state index in [1.165, 1.54) is 0 Å². The average Bonchev–Trinajstić information content (AvgIpc) is 2.49. The molecule has 0 aliphatic rings. The second-order valence-corrected chi connectivity index (χ2v) is 2.91. The lowest BCUT2D eigenvalue weighted by Gasteiger charge is -1.95. The molecule has 0 fully saturated rings. The van der Waals surface area contributed by atoms with Gasteiger partial charge in [0.15, 0.2) is 0 Å². The van der Waals surface area contributed by atoms with Crippen molar-refractivity contribution in [3.05, 3.63) is 23.9 Å². The third-order valence-corrected chi connectivity index (χ3v) is 1.95. The number of H-pyrrole nitrogens is 1. The van der Waals surface area contributed by atoms with Crippen molar-refractivity contribution in [1.29, 1.82) is 0 Å². The molecular weight excluding hydrogens is 166 g/mol. The lowest BCUT2D eigenvalue weighted by molar-refractivity contribution is 0.182. The van der Waals surface area contributed by atoms with Gasteiger partial charge in [-0.05, 0) is 18.2 Å². The number of methoxy groups -OCH3 is 1. The normalized spacial score (nSPS) is 10.8. The third kappa shape index (κ3) is 1.36. The molecule has 1 heterocycles. The van der Waals surface area contributed by atoms with Crippen LogP contribution in [-0.4, -0.2) is 17.3 Å². The summed E-state index contributed by atoms with van der Waals surface area (Å²) in [6.07, 6.45) is 0. The zero-order chi connectivity index (χ0) is 9.26. The van der Waals surface area contributed by atoms with E-state index in [1.807, 2.05) is 18.2 Å². The summed E-state index contributed by atoms with van der Waals surface area (Å²) in [5, 5.41) is 8.06. The van der Waals surface area contributed by atoms with Crippen molar-refractivity contribution < 1.29 is 4.74 Å². The molecule has 1 aromatic carbocycles. The molecule has 0 atom stereocenters. The third-order valence-electron chi connectivity index (χ3n) is 1.95. The van der Waals surface area contributed by atoms with Gasteiger partial charge >= 0.3 is 0 Å². The highest BCUT2D eigenvalue weighted by Crippen LogP contribution is 2.18. The minimum Gasteiger partial charge on any atom is -0.399 e. The van der Waals surface area contributed by atoms with E-state index in [0.717, 1.165) is 22.3 Å². The predicted molar refractivity (Wildman–Crippen MR) is 51.2 cm³/mol. The summed E-state index contributed by atoms with van der Waals surface area (Å²) >= 11 is 0. The van der Waals surface area contributed by atoms with Crippen molar-refractivity contribution in [1.82, 2.24) is 10.2 Å². The number of fused-ring (bicyclic) bond motifs is 1. The molecule has 1 aromatic heterocycles. The van der Waals surface area contributed by atoms with E-state index in [1.54, 1.807) is 7.11 Å². The maximum atomic E-state index is 5.67.